The monoisotopic (exact) mass is 1040 g/mol. The third-order valence-corrected chi connectivity index (χ3v) is 17.5. The van der Waals surface area contributed by atoms with E-state index in [4.69, 9.17) is 16.3 Å². The van der Waals surface area contributed by atoms with Crippen molar-refractivity contribution < 1.29 is 43.7 Å². The summed E-state index contributed by atoms with van der Waals surface area (Å²) in [5.41, 5.74) is -0.680. The van der Waals surface area contributed by atoms with Gasteiger partial charge in [0.1, 0.15) is 17.1 Å². The maximum absolute atomic E-state index is 14.1. The van der Waals surface area contributed by atoms with Gasteiger partial charge in [0.2, 0.25) is 0 Å². The number of aromatic nitrogens is 2. The van der Waals surface area contributed by atoms with Crippen LogP contribution < -0.4 is 14.4 Å². The summed E-state index contributed by atoms with van der Waals surface area (Å²) in [4.78, 5) is 24.0. The average molecular weight is 1040 g/mol. The molecule has 1 amide bonds. The first-order valence-corrected chi connectivity index (χ1v) is 29.0. The van der Waals surface area contributed by atoms with Gasteiger partial charge in [-0.1, -0.05) is 49.2 Å². The zero-order chi connectivity index (χ0) is 50.2. The fraction of sp³-hybridized carbons (Fsp3) is 0.440. The molecule has 0 radical (unpaired) electrons. The summed E-state index contributed by atoms with van der Waals surface area (Å²) in [5.74, 6) is -0.876. The average Bonchev–Trinajstić information content (AvgIpc) is 3.77. The highest BCUT2D eigenvalue weighted by Crippen LogP contribution is 2.44. The van der Waals surface area contributed by atoms with Crippen LogP contribution in [-0.4, -0.2) is 98.6 Å². The number of allylic oxidation sites excluding steroid dienone is 1. The number of nitrogens with zero attached hydrogens (tertiary/aromatic N) is 4. The van der Waals surface area contributed by atoms with Gasteiger partial charge in [-0.2, -0.15) is 13.2 Å². The molecule has 1 saturated carbocycles. The summed E-state index contributed by atoms with van der Waals surface area (Å²) in [7, 11) is -13.3. The molecule has 70 heavy (non-hydrogen) atoms. The molecule has 13 nitrogen and oxygen atoms in total. The van der Waals surface area contributed by atoms with Gasteiger partial charge in [0, 0.05) is 83.3 Å². The number of sulfonamides is 1. The maximum Gasteiger partial charge on any atom is 0.501 e. The number of pyridine rings is 1. The number of amides is 1. The molecule has 8 rings (SSSR count). The Balaban J connectivity index is 1.02. The highest BCUT2D eigenvalue weighted by atomic mass is 35.5. The van der Waals surface area contributed by atoms with E-state index in [1.807, 2.05) is 16.9 Å². The number of alkyl halides is 3. The lowest BCUT2D eigenvalue weighted by Crippen LogP contribution is -2.47. The molecule has 376 valence electrons. The molecule has 3 heterocycles. The Kier molecular flexibility index (Phi) is 14.9. The third-order valence-electron chi connectivity index (χ3n) is 13.6. The van der Waals surface area contributed by atoms with E-state index in [1.165, 1.54) is 29.0 Å². The van der Waals surface area contributed by atoms with E-state index >= 15 is 0 Å². The molecule has 0 atom stereocenters. The van der Waals surface area contributed by atoms with E-state index < -0.39 is 50.8 Å². The smallest absolute Gasteiger partial charge is 0.455 e. The molecule has 2 aliphatic carbocycles. The van der Waals surface area contributed by atoms with Gasteiger partial charge in [0.25, 0.3) is 25.8 Å². The van der Waals surface area contributed by atoms with E-state index in [1.54, 1.807) is 43.0 Å². The van der Waals surface area contributed by atoms with Crippen LogP contribution in [0.3, 0.4) is 0 Å². The van der Waals surface area contributed by atoms with Crippen LogP contribution in [0.15, 0.2) is 105 Å². The molecule has 5 aromatic rings. The number of ether oxygens (including phenoxy) is 1. The number of hydrogen-bond acceptors (Lipinski definition) is 11. The zero-order valence-corrected chi connectivity index (χ0v) is 42.7. The molecule has 0 unspecified atom stereocenters. The summed E-state index contributed by atoms with van der Waals surface area (Å²) in [5, 5.41) is 1.41. The molecule has 3 aromatic carbocycles. The van der Waals surface area contributed by atoms with Crippen molar-refractivity contribution in [2.24, 2.45) is 15.7 Å². The van der Waals surface area contributed by atoms with E-state index in [0.29, 0.717) is 73.0 Å². The first-order valence-electron chi connectivity index (χ1n) is 23.3. The predicted molar refractivity (Wildman–Crippen MR) is 268 cm³/mol. The van der Waals surface area contributed by atoms with Crippen molar-refractivity contribution in [1.82, 2.24) is 19.6 Å². The Labute approximate surface area is 413 Å². The molecule has 2 fully saturated rings. The van der Waals surface area contributed by atoms with Crippen molar-refractivity contribution in [2.45, 2.75) is 93.0 Å². The summed E-state index contributed by atoms with van der Waals surface area (Å²) in [6.07, 6.45) is 12.2. The number of hydrogen-bond donors (Lipinski definition) is 2. The highest BCUT2D eigenvalue weighted by molar-refractivity contribution is 7.92. The van der Waals surface area contributed by atoms with Crippen molar-refractivity contribution in [2.75, 3.05) is 50.1 Å². The van der Waals surface area contributed by atoms with Gasteiger partial charge < -0.3 is 14.6 Å². The van der Waals surface area contributed by atoms with Gasteiger partial charge in [-0.15, -0.1) is 0 Å². The fourth-order valence-corrected chi connectivity index (χ4v) is 12.9. The number of H-pyrrole nitrogens is 1. The Morgan fingerprint density at radius 3 is 2.33 bits per heavy atom. The number of piperazine rings is 1. The molecule has 1 aliphatic heterocycles. The second-order valence-electron chi connectivity index (χ2n) is 19.7. The molecule has 2 N–H and O–H groups in total. The number of benzene rings is 3. The van der Waals surface area contributed by atoms with Crippen molar-refractivity contribution in [3.63, 3.8) is 0 Å². The lowest BCUT2D eigenvalue weighted by Gasteiger charge is -2.39. The van der Waals surface area contributed by atoms with Gasteiger partial charge in [0.05, 0.1) is 27.6 Å². The second kappa shape index (κ2) is 20.3. The van der Waals surface area contributed by atoms with Crippen LogP contribution in [0.25, 0.3) is 16.6 Å². The Hall–Kier alpha value is -4.95. The number of halogens is 4. The molecule has 20 heteroatoms. The number of aromatic amines is 1. The first-order chi connectivity index (χ1) is 32.9. The number of anilines is 1. The van der Waals surface area contributed by atoms with E-state index in [0.717, 1.165) is 51.0 Å². The summed E-state index contributed by atoms with van der Waals surface area (Å²) < 4.78 is 121. The van der Waals surface area contributed by atoms with Crippen LogP contribution in [0, 0.1) is 11.3 Å². The molecule has 3 aliphatic rings. The summed E-state index contributed by atoms with van der Waals surface area (Å²) in [6, 6.07) is 18.7. The van der Waals surface area contributed by atoms with Gasteiger partial charge in [-0.05, 0) is 134 Å². The largest absolute Gasteiger partial charge is 0.501 e. The topological polar surface area (TPSA) is 171 Å². The Morgan fingerprint density at radius 1 is 0.929 bits per heavy atom. The van der Waals surface area contributed by atoms with Crippen molar-refractivity contribution in [3.8, 4) is 11.5 Å². The molecule has 2 aromatic heterocycles. The van der Waals surface area contributed by atoms with Crippen LogP contribution in [0.2, 0.25) is 5.02 Å². The molecular formula is C50H58ClF3N6O7S3. The first kappa shape index (κ1) is 51.4. The van der Waals surface area contributed by atoms with Crippen LogP contribution >= 0.6 is 11.6 Å². The van der Waals surface area contributed by atoms with E-state index in [-0.39, 0.29) is 46.4 Å². The van der Waals surface area contributed by atoms with Gasteiger partial charge >= 0.3 is 5.51 Å². The Bertz CT molecular complexity index is 3150. The molecule has 0 spiro atoms. The predicted octanol–water partition coefficient (Wildman–Crippen LogP) is 10.4. The highest BCUT2D eigenvalue weighted by Gasteiger charge is 2.48. The number of carbonyl (C=O) groups is 1. The minimum absolute atomic E-state index is 0.0109. The normalized spacial score (nSPS) is 19.6. The number of sulfone groups is 1. The summed E-state index contributed by atoms with van der Waals surface area (Å²) >= 11 is 6.24. The zero-order valence-electron chi connectivity index (χ0n) is 39.5. The van der Waals surface area contributed by atoms with Gasteiger partial charge in [0.15, 0.2) is 0 Å². The van der Waals surface area contributed by atoms with Crippen molar-refractivity contribution in [3.05, 3.63) is 112 Å². The van der Waals surface area contributed by atoms with Crippen LogP contribution in [0.1, 0.15) is 86.7 Å². The van der Waals surface area contributed by atoms with Crippen LogP contribution in [-0.2, 0) is 36.0 Å². The molecular weight excluding hydrogens is 985 g/mol. The minimum atomic E-state index is -6.02. The third kappa shape index (κ3) is 12.2. The van der Waals surface area contributed by atoms with Crippen LogP contribution in [0.5, 0.6) is 11.5 Å². The molecule has 0 bridgehead atoms. The Morgan fingerprint density at radius 2 is 1.64 bits per heavy atom. The standard InChI is InChI=1S/C50H58ClF3N6O7S3/c1-49(2)21-19-37(44(30-49)34-9-12-38(51)13-10-34)32-59-23-25-60(26-24-59)40-16-18-43(45(28-40)67-41-27-36-20-22-55-47(36)56-31-41)48(61)58-70(65,66)42-17-11-35(46(29-42)69(63,64)50(52,53)54)8-5-33-6-14-39(15-7-33)57-68(3,4)62/h9-13,16-18,20,22,27-29,31,33,39H,5-8,14-15,19,21,23-26,30,32H2,1-4H3,(H,55,56)(H,58,61). The fourth-order valence-electron chi connectivity index (χ4n) is 9.76. The number of carbonyl (C=O) groups excluding carboxylic acids is 1. The quantitative estimate of drug-likeness (QED) is 0.109. The SMILES string of the molecule is CC1(C)CCC(CN2CCN(c3ccc(C(=O)NS(=O)(=O)c4ccc(CCC5CCC(N=S(C)(C)=O)CC5)c(S(=O)(=O)C(F)(F)F)c4)c(Oc4cnc5[nH]ccc5c4)c3)CC2)=C(c2ccc(Cl)cc2)C1. The van der Waals surface area contributed by atoms with Crippen LogP contribution in [0.4, 0.5) is 18.9 Å². The van der Waals surface area contributed by atoms with Gasteiger partial charge in [-0.25, -0.2) is 30.9 Å². The minimum Gasteiger partial charge on any atom is -0.455 e. The number of nitrogens with one attached hydrogen (secondary N) is 2. The van der Waals surface area contributed by atoms with E-state index in [2.05, 4.69) is 50.1 Å². The number of fused-ring (bicyclic) bond motifs is 1. The van der Waals surface area contributed by atoms with Gasteiger partial charge in [-0.3, -0.25) is 13.9 Å². The number of rotatable bonds is 14. The van der Waals surface area contributed by atoms with E-state index in [9.17, 15) is 39.0 Å². The number of aryl methyl sites for hydroxylation is 1. The maximum atomic E-state index is 14.1. The summed E-state index contributed by atoms with van der Waals surface area (Å²) in [6.45, 7) is 8.21. The lowest BCUT2D eigenvalue weighted by atomic mass is 9.72. The van der Waals surface area contributed by atoms with Crippen molar-refractivity contribution >= 4 is 69.4 Å². The second-order valence-corrected chi connectivity index (χ2v) is 26.3. The van der Waals surface area contributed by atoms with Crippen molar-refractivity contribution in [1.29, 1.82) is 0 Å². The lowest BCUT2D eigenvalue weighted by molar-refractivity contribution is -0.0436. The molecule has 1 saturated heterocycles.